The largest absolute Gasteiger partial charge is 0.444 e. The van der Waals surface area contributed by atoms with Crippen molar-refractivity contribution in [1.29, 1.82) is 0 Å². The lowest BCUT2D eigenvalue weighted by Crippen LogP contribution is -2.09. The van der Waals surface area contributed by atoms with Gasteiger partial charge in [0.05, 0.1) is 12.7 Å². The Hall–Kier alpha value is -0.870. The zero-order valence-electron chi connectivity index (χ0n) is 8.29. The van der Waals surface area contributed by atoms with E-state index in [1.807, 2.05) is 19.0 Å². The maximum atomic E-state index is 5.49. The van der Waals surface area contributed by atoms with Crippen LogP contribution < -0.4 is 5.73 Å². The van der Waals surface area contributed by atoms with E-state index < -0.39 is 0 Å². The molecule has 0 bridgehead atoms. The minimum Gasteiger partial charge on any atom is -0.444 e. The number of hydrogen-bond acceptors (Lipinski definition) is 4. The fourth-order valence-electron chi connectivity index (χ4n) is 1.10. The van der Waals surface area contributed by atoms with E-state index in [9.17, 15) is 0 Å². The number of nitrogens with two attached hydrogens (primary N) is 1. The second-order valence-corrected chi connectivity index (χ2v) is 3.35. The number of aryl methyl sites for hydroxylation is 1. The molecule has 0 atom stereocenters. The molecule has 1 aromatic rings. The van der Waals surface area contributed by atoms with Gasteiger partial charge in [0.2, 0.25) is 0 Å². The second-order valence-electron chi connectivity index (χ2n) is 3.35. The zero-order chi connectivity index (χ0) is 9.68. The molecule has 0 amide bonds. The third-order valence-corrected chi connectivity index (χ3v) is 1.67. The van der Waals surface area contributed by atoms with Gasteiger partial charge in [0.25, 0.3) is 0 Å². The van der Waals surface area contributed by atoms with Crippen molar-refractivity contribution < 1.29 is 4.42 Å². The molecule has 1 aromatic heterocycles. The molecule has 0 aromatic carbocycles. The van der Waals surface area contributed by atoms with Gasteiger partial charge in [-0.1, -0.05) is 0 Å². The van der Waals surface area contributed by atoms with Crippen LogP contribution in [0.5, 0.6) is 0 Å². The summed E-state index contributed by atoms with van der Waals surface area (Å²) >= 11 is 0. The summed E-state index contributed by atoms with van der Waals surface area (Å²) in [6.45, 7) is 1.49. The average Bonchev–Trinajstić information content (AvgIpc) is 2.48. The lowest BCUT2D eigenvalue weighted by Gasteiger charge is -2.04. The van der Waals surface area contributed by atoms with Crippen LogP contribution in [0, 0.1) is 0 Å². The second kappa shape index (κ2) is 4.99. The molecule has 2 N–H and O–H groups in total. The first-order chi connectivity index (χ1) is 6.22. The Bertz CT molecular complexity index is 245. The molecule has 0 unspecified atom stereocenters. The molecule has 74 valence electrons. The first-order valence-electron chi connectivity index (χ1n) is 4.50. The van der Waals surface area contributed by atoms with Crippen molar-refractivity contribution in [2.45, 2.75) is 19.4 Å². The lowest BCUT2D eigenvalue weighted by atomic mass is 10.3. The lowest BCUT2D eigenvalue weighted by molar-refractivity contribution is 0.339. The summed E-state index contributed by atoms with van der Waals surface area (Å²) in [5.41, 5.74) is 5.39. The summed E-state index contributed by atoms with van der Waals surface area (Å²) in [5.74, 6) is 1.71. The van der Waals surface area contributed by atoms with Gasteiger partial charge in [0, 0.05) is 6.42 Å². The highest BCUT2D eigenvalue weighted by molar-refractivity contribution is 4.93. The third kappa shape index (κ3) is 3.57. The molecule has 4 heteroatoms. The van der Waals surface area contributed by atoms with Crippen LogP contribution in [-0.4, -0.2) is 30.5 Å². The van der Waals surface area contributed by atoms with Gasteiger partial charge in [-0.15, -0.1) is 0 Å². The summed E-state index contributed by atoms with van der Waals surface area (Å²) in [6.07, 6.45) is 3.55. The molecule has 0 spiro atoms. The highest BCUT2D eigenvalue weighted by Crippen LogP contribution is 2.06. The van der Waals surface area contributed by atoms with Gasteiger partial charge in [0.15, 0.2) is 5.89 Å². The van der Waals surface area contributed by atoms with Gasteiger partial charge in [-0.05, 0) is 27.1 Å². The van der Waals surface area contributed by atoms with Gasteiger partial charge in [-0.2, -0.15) is 0 Å². The minimum absolute atomic E-state index is 0.686. The van der Waals surface area contributed by atoms with E-state index in [1.54, 1.807) is 6.20 Å². The van der Waals surface area contributed by atoms with E-state index in [2.05, 4.69) is 4.98 Å². The smallest absolute Gasteiger partial charge is 0.194 e. The summed E-state index contributed by atoms with van der Waals surface area (Å²) in [7, 11) is 4.00. The molecule has 0 aliphatic heterocycles. The van der Waals surface area contributed by atoms with Gasteiger partial charge < -0.3 is 15.1 Å². The summed E-state index contributed by atoms with van der Waals surface area (Å²) < 4.78 is 5.49. The summed E-state index contributed by atoms with van der Waals surface area (Å²) in [4.78, 5) is 6.21. The van der Waals surface area contributed by atoms with Crippen molar-refractivity contribution in [2.75, 3.05) is 20.6 Å². The summed E-state index contributed by atoms with van der Waals surface area (Å²) in [5, 5.41) is 0. The van der Waals surface area contributed by atoms with Crippen molar-refractivity contribution in [3.8, 4) is 0 Å². The van der Waals surface area contributed by atoms with Crippen molar-refractivity contribution in [3.05, 3.63) is 17.8 Å². The van der Waals surface area contributed by atoms with Crippen LogP contribution in [0.4, 0.5) is 0 Å². The van der Waals surface area contributed by atoms with Crippen LogP contribution in [0.15, 0.2) is 10.6 Å². The Kier molecular flexibility index (Phi) is 3.92. The van der Waals surface area contributed by atoms with Crippen molar-refractivity contribution in [2.24, 2.45) is 5.73 Å². The standard InChI is InChI=1S/C9H17N3O/c1-12(2)7-8-6-11-9(13-8)4-3-5-10/h6H,3-5,7,10H2,1-2H3. The number of rotatable bonds is 5. The van der Waals surface area contributed by atoms with Crippen LogP contribution in [0.2, 0.25) is 0 Å². The SMILES string of the molecule is CN(C)Cc1cnc(CCCN)o1. The van der Waals surface area contributed by atoms with E-state index in [0.717, 1.165) is 31.0 Å². The van der Waals surface area contributed by atoms with Crippen molar-refractivity contribution in [3.63, 3.8) is 0 Å². The summed E-state index contributed by atoms with van der Waals surface area (Å²) in [6, 6.07) is 0. The van der Waals surface area contributed by atoms with Crippen LogP contribution >= 0.6 is 0 Å². The Morgan fingerprint density at radius 3 is 2.92 bits per heavy atom. The van der Waals surface area contributed by atoms with E-state index in [1.165, 1.54) is 0 Å². The molecular formula is C9H17N3O. The monoisotopic (exact) mass is 183 g/mol. The molecule has 1 rings (SSSR count). The average molecular weight is 183 g/mol. The maximum absolute atomic E-state index is 5.49. The molecule has 13 heavy (non-hydrogen) atoms. The van der Waals surface area contributed by atoms with Gasteiger partial charge in [-0.25, -0.2) is 4.98 Å². The van der Waals surface area contributed by atoms with Gasteiger partial charge in [-0.3, -0.25) is 0 Å². The maximum Gasteiger partial charge on any atom is 0.194 e. The zero-order valence-corrected chi connectivity index (χ0v) is 8.29. The number of oxazole rings is 1. The Morgan fingerprint density at radius 1 is 1.54 bits per heavy atom. The molecule has 1 heterocycles. The van der Waals surface area contributed by atoms with Crippen molar-refractivity contribution >= 4 is 0 Å². The van der Waals surface area contributed by atoms with E-state index in [4.69, 9.17) is 10.2 Å². The molecule has 4 nitrogen and oxygen atoms in total. The Labute approximate surface area is 78.7 Å². The van der Waals surface area contributed by atoms with Gasteiger partial charge in [0.1, 0.15) is 5.76 Å². The normalized spacial score (nSPS) is 11.1. The predicted octanol–water partition coefficient (Wildman–Crippen LogP) is 0.628. The molecule has 0 aliphatic carbocycles. The first-order valence-corrected chi connectivity index (χ1v) is 4.50. The van der Waals surface area contributed by atoms with Crippen LogP contribution in [0.3, 0.4) is 0 Å². The highest BCUT2D eigenvalue weighted by atomic mass is 16.4. The van der Waals surface area contributed by atoms with Gasteiger partial charge >= 0.3 is 0 Å². The fraction of sp³-hybridized carbons (Fsp3) is 0.667. The fourth-order valence-corrected chi connectivity index (χ4v) is 1.10. The Morgan fingerprint density at radius 2 is 2.31 bits per heavy atom. The van der Waals surface area contributed by atoms with E-state index in [0.29, 0.717) is 6.54 Å². The van der Waals surface area contributed by atoms with Crippen LogP contribution in [-0.2, 0) is 13.0 Å². The molecule has 0 radical (unpaired) electrons. The quantitative estimate of drug-likeness (QED) is 0.727. The van der Waals surface area contributed by atoms with E-state index >= 15 is 0 Å². The van der Waals surface area contributed by atoms with Crippen LogP contribution in [0.1, 0.15) is 18.1 Å². The Balaban J connectivity index is 2.44. The third-order valence-electron chi connectivity index (χ3n) is 1.67. The molecule has 0 saturated carbocycles. The van der Waals surface area contributed by atoms with E-state index in [-0.39, 0.29) is 0 Å². The number of nitrogens with zero attached hydrogens (tertiary/aromatic N) is 2. The molecule has 0 aliphatic rings. The van der Waals surface area contributed by atoms with Crippen LogP contribution in [0.25, 0.3) is 0 Å². The first kappa shape index (κ1) is 10.2. The minimum atomic E-state index is 0.686. The highest BCUT2D eigenvalue weighted by Gasteiger charge is 2.03. The topological polar surface area (TPSA) is 55.3 Å². The molecule has 0 saturated heterocycles. The number of hydrogen-bond donors (Lipinski definition) is 1. The number of aromatic nitrogens is 1. The molecular weight excluding hydrogens is 166 g/mol. The van der Waals surface area contributed by atoms with Crippen molar-refractivity contribution in [1.82, 2.24) is 9.88 Å². The molecule has 0 fully saturated rings. The predicted molar refractivity (Wildman–Crippen MR) is 51.3 cm³/mol.